The summed E-state index contributed by atoms with van der Waals surface area (Å²) in [4.78, 5) is 4.54. The number of aromatic hydroxyl groups is 1. The zero-order valence-corrected chi connectivity index (χ0v) is 13.8. The number of hydrogen-bond acceptors (Lipinski definition) is 4. The van der Waals surface area contributed by atoms with Crippen LogP contribution in [0.25, 0.3) is 21.9 Å². The highest BCUT2D eigenvalue weighted by molar-refractivity contribution is 6.05. The first-order chi connectivity index (χ1) is 12.2. The molecular formula is C21H17NO3. The molecule has 0 atom stereocenters. The molecule has 0 amide bonds. The average Bonchev–Trinajstić information content (AvgIpc) is 3.00. The molecule has 3 aromatic carbocycles. The summed E-state index contributed by atoms with van der Waals surface area (Å²) in [6, 6.07) is 19.0. The SMILES string of the molecule is CCOc1cc(C=Nc2ccc3oc4ccccc4c3c2)ccc1O. The van der Waals surface area contributed by atoms with Crippen LogP contribution in [0.15, 0.2) is 70.1 Å². The van der Waals surface area contributed by atoms with Crippen molar-refractivity contribution in [1.29, 1.82) is 0 Å². The van der Waals surface area contributed by atoms with E-state index >= 15 is 0 Å². The van der Waals surface area contributed by atoms with Gasteiger partial charge in [-0.3, -0.25) is 4.99 Å². The van der Waals surface area contributed by atoms with Gasteiger partial charge in [0.1, 0.15) is 11.2 Å². The van der Waals surface area contributed by atoms with E-state index in [4.69, 9.17) is 9.15 Å². The van der Waals surface area contributed by atoms with E-state index in [0.717, 1.165) is 33.2 Å². The molecule has 0 aliphatic rings. The molecule has 0 saturated carbocycles. The van der Waals surface area contributed by atoms with E-state index in [1.807, 2.05) is 49.4 Å². The Bertz CT molecular complexity index is 1080. The summed E-state index contributed by atoms with van der Waals surface area (Å²) >= 11 is 0. The van der Waals surface area contributed by atoms with Gasteiger partial charge in [0.15, 0.2) is 11.5 Å². The van der Waals surface area contributed by atoms with Gasteiger partial charge in [-0.2, -0.15) is 0 Å². The molecule has 0 aliphatic heterocycles. The van der Waals surface area contributed by atoms with Crippen LogP contribution in [0.3, 0.4) is 0 Å². The minimum absolute atomic E-state index is 0.130. The molecular weight excluding hydrogens is 314 g/mol. The molecule has 4 nitrogen and oxygen atoms in total. The van der Waals surface area contributed by atoms with Crippen LogP contribution in [0.2, 0.25) is 0 Å². The number of furan rings is 1. The number of fused-ring (bicyclic) bond motifs is 3. The van der Waals surface area contributed by atoms with Crippen molar-refractivity contribution in [2.45, 2.75) is 6.92 Å². The minimum Gasteiger partial charge on any atom is -0.504 e. The van der Waals surface area contributed by atoms with Gasteiger partial charge in [0.25, 0.3) is 0 Å². The van der Waals surface area contributed by atoms with E-state index < -0.39 is 0 Å². The number of aliphatic imine (C=N–C) groups is 1. The second kappa shape index (κ2) is 6.32. The summed E-state index contributed by atoms with van der Waals surface area (Å²) in [5.41, 5.74) is 3.42. The highest BCUT2D eigenvalue weighted by atomic mass is 16.5. The molecule has 0 saturated heterocycles. The fourth-order valence-electron chi connectivity index (χ4n) is 2.83. The third-order valence-corrected chi connectivity index (χ3v) is 4.01. The number of nitrogens with zero attached hydrogens (tertiary/aromatic N) is 1. The number of phenols is 1. The van der Waals surface area contributed by atoms with Crippen LogP contribution in [0.4, 0.5) is 5.69 Å². The fourth-order valence-corrected chi connectivity index (χ4v) is 2.83. The predicted octanol–water partition coefficient (Wildman–Crippen LogP) is 5.44. The number of para-hydroxylation sites is 1. The summed E-state index contributed by atoms with van der Waals surface area (Å²) < 4.78 is 11.2. The van der Waals surface area contributed by atoms with Crippen molar-refractivity contribution in [3.8, 4) is 11.5 Å². The molecule has 25 heavy (non-hydrogen) atoms. The maximum Gasteiger partial charge on any atom is 0.161 e. The lowest BCUT2D eigenvalue weighted by molar-refractivity contribution is 0.318. The number of phenolic OH excluding ortho intramolecular Hbond substituents is 1. The van der Waals surface area contributed by atoms with E-state index in [2.05, 4.69) is 4.99 Å². The Labute approximate surface area is 145 Å². The second-order valence-electron chi connectivity index (χ2n) is 5.70. The van der Waals surface area contributed by atoms with E-state index in [9.17, 15) is 5.11 Å². The first-order valence-corrected chi connectivity index (χ1v) is 8.16. The number of benzene rings is 3. The van der Waals surface area contributed by atoms with E-state index in [0.29, 0.717) is 12.4 Å². The number of hydrogen-bond donors (Lipinski definition) is 1. The maximum atomic E-state index is 9.77. The lowest BCUT2D eigenvalue weighted by atomic mass is 10.1. The molecule has 0 spiro atoms. The Morgan fingerprint density at radius 3 is 2.72 bits per heavy atom. The second-order valence-corrected chi connectivity index (χ2v) is 5.70. The Hall–Kier alpha value is -3.27. The normalized spacial score (nSPS) is 11.6. The molecule has 1 aromatic heterocycles. The van der Waals surface area contributed by atoms with E-state index in [1.165, 1.54) is 0 Å². The summed E-state index contributed by atoms with van der Waals surface area (Å²) in [5, 5.41) is 11.9. The molecule has 1 heterocycles. The first kappa shape index (κ1) is 15.3. The first-order valence-electron chi connectivity index (χ1n) is 8.16. The average molecular weight is 331 g/mol. The smallest absolute Gasteiger partial charge is 0.161 e. The van der Waals surface area contributed by atoms with Crippen molar-refractivity contribution in [3.63, 3.8) is 0 Å². The molecule has 124 valence electrons. The monoisotopic (exact) mass is 331 g/mol. The third kappa shape index (κ3) is 2.94. The molecule has 0 unspecified atom stereocenters. The summed E-state index contributed by atoms with van der Waals surface area (Å²) in [5.74, 6) is 0.591. The van der Waals surface area contributed by atoms with Crippen molar-refractivity contribution in [2.24, 2.45) is 4.99 Å². The fraction of sp³-hybridized carbons (Fsp3) is 0.0952. The van der Waals surface area contributed by atoms with Gasteiger partial charge in [0.05, 0.1) is 12.3 Å². The van der Waals surface area contributed by atoms with Gasteiger partial charge in [0, 0.05) is 17.0 Å². The summed E-state index contributed by atoms with van der Waals surface area (Å²) in [6.07, 6.45) is 1.76. The quantitative estimate of drug-likeness (QED) is 0.507. The van der Waals surface area contributed by atoms with Gasteiger partial charge in [-0.1, -0.05) is 18.2 Å². The van der Waals surface area contributed by atoms with Crippen molar-refractivity contribution in [2.75, 3.05) is 6.61 Å². The van der Waals surface area contributed by atoms with Crippen molar-refractivity contribution in [3.05, 3.63) is 66.2 Å². The van der Waals surface area contributed by atoms with Gasteiger partial charge < -0.3 is 14.3 Å². The van der Waals surface area contributed by atoms with Crippen LogP contribution in [0.5, 0.6) is 11.5 Å². The molecule has 1 N–H and O–H groups in total. The zero-order chi connectivity index (χ0) is 17.2. The Morgan fingerprint density at radius 1 is 1.00 bits per heavy atom. The summed E-state index contributed by atoms with van der Waals surface area (Å²) in [6.45, 7) is 2.38. The molecule has 0 bridgehead atoms. The van der Waals surface area contributed by atoms with Gasteiger partial charge >= 0.3 is 0 Å². The highest BCUT2D eigenvalue weighted by Crippen LogP contribution is 2.31. The van der Waals surface area contributed by atoms with Crippen molar-refractivity contribution in [1.82, 2.24) is 0 Å². The third-order valence-electron chi connectivity index (χ3n) is 4.01. The molecule has 0 fully saturated rings. The van der Waals surface area contributed by atoms with Gasteiger partial charge in [0.2, 0.25) is 0 Å². The van der Waals surface area contributed by atoms with E-state index in [1.54, 1.807) is 24.4 Å². The van der Waals surface area contributed by atoms with Gasteiger partial charge in [-0.25, -0.2) is 0 Å². The van der Waals surface area contributed by atoms with Gasteiger partial charge in [-0.05, 0) is 55.0 Å². The van der Waals surface area contributed by atoms with Crippen LogP contribution in [0.1, 0.15) is 12.5 Å². The van der Waals surface area contributed by atoms with Crippen molar-refractivity contribution >= 4 is 33.8 Å². The molecule has 0 aliphatic carbocycles. The van der Waals surface area contributed by atoms with Crippen LogP contribution < -0.4 is 4.74 Å². The topological polar surface area (TPSA) is 55.0 Å². The molecule has 4 rings (SSSR count). The lowest BCUT2D eigenvalue weighted by Crippen LogP contribution is -1.93. The van der Waals surface area contributed by atoms with Crippen LogP contribution in [-0.4, -0.2) is 17.9 Å². The number of rotatable bonds is 4. The maximum absolute atomic E-state index is 9.77. The van der Waals surface area contributed by atoms with Gasteiger partial charge in [-0.15, -0.1) is 0 Å². The minimum atomic E-state index is 0.130. The lowest BCUT2D eigenvalue weighted by Gasteiger charge is -2.05. The molecule has 0 radical (unpaired) electrons. The van der Waals surface area contributed by atoms with Crippen molar-refractivity contribution < 1.29 is 14.3 Å². The van der Waals surface area contributed by atoms with Crippen LogP contribution in [0, 0.1) is 0 Å². The van der Waals surface area contributed by atoms with E-state index in [-0.39, 0.29) is 5.75 Å². The Morgan fingerprint density at radius 2 is 1.84 bits per heavy atom. The zero-order valence-electron chi connectivity index (χ0n) is 13.8. The molecule has 4 aromatic rings. The Kier molecular flexibility index (Phi) is 3.86. The highest BCUT2D eigenvalue weighted by Gasteiger charge is 2.06. The van der Waals surface area contributed by atoms with Crippen LogP contribution >= 0.6 is 0 Å². The predicted molar refractivity (Wildman–Crippen MR) is 100 cm³/mol. The number of ether oxygens (including phenoxy) is 1. The Balaban J connectivity index is 1.69. The standard InChI is InChI=1S/C21H17NO3/c1-2-24-21-11-14(7-9-18(21)23)13-22-15-8-10-20-17(12-15)16-5-3-4-6-19(16)25-20/h3-13,23H,2H2,1H3. The molecule has 4 heteroatoms. The largest absolute Gasteiger partial charge is 0.504 e. The summed E-state index contributed by atoms with van der Waals surface area (Å²) in [7, 11) is 0. The van der Waals surface area contributed by atoms with Crippen LogP contribution in [-0.2, 0) is 0 Å².